The maximum atomic E-state index is 12.3. The van der Waals surface area contributed by atoms with E-state index in [4.69, 9.17) is 9.47 Å². The van der Waals surface area contributed by atoms with Crippen molar-refractivity contribution < 1.29 is 19.1 Å². The second kappa shape index (κ2) is 8.57. The van der Waals surface area contributed by atoms with Gasteiger partial charge in [0.15, 0.2) is 11.5 Å². The van der Waals surface area contributed by atoms with Crippen LogP contribution >= 0.6 is 0 Å². The zero-order valence-electron chi connectivity index (χ0n) is 14.7. The Bertz CT molecular complexity index is 576. The van der Waals surface area contributed by atoms with E-state index in [9.17, 15) is 9.59 Å². The number of para-hydroxylation sites is 2. The number of methoxy groups -OCH3 is 1. The van der Waals surface area contributed by atoms with Crippen molar-refractivity contribution >= 4 is 11.8 Å². The molecule has 24 heavy (non-hydrogen) atoms. The molecule has 0 saturated carbocycles. The van der Waals surface area contributed by atoms with Crippen LogP contribution in [0.4, 0.5) is 0 Å². The molecule has 0 aliphatic carbocycles. The summed E-state index contributed by atoms with van der Waals surface area (Å²) >= 11 is 0. The zero-order valence-corrected chi connectivity index (χ0v) is 14.7. The van der Waals surface area contributed by atoms with Crippen LogP contribution in [0.2, 0.25) is 0 Å². The molecule has 6 nitrogen and oxygen atoms in total. The van der Waals surface area contributed by atoms with Crippen LogP contribution in [0.1, 0.15) is 26.7 Å². The summed E-state index contributed by atoms with van der Waals surface area (Å²) in [6, 6.07) is 7.05. The molecule has 132 valence electrons. The molecule has 1 aromatic carbocycles. The highest BCUT2D eigenvalue weighted by Gasteiger charge is 2.35. The van der Waals surface area contributed by atoms with Gasteiger partial charge in [-0.3, -0.25) is 9.59 Å². The second-order valence-electron chi connectivity index (χ2n) is 5.88. The quantitative estimate of drug-likeness (QED) is 0.682. The van der Waals surface area contributed by atoms with Crippen molar-refractivity contribution in [2.24, 2.45) is 0 Å². The maximum Gasteiger partial charge on any atom is 0.245 e. The molecule has 1 atom stereocenters. The Morgan fingerprint density at radius 1 is 1.17 bits per heavy atom. The summed E-state index contributed by atoms with van der Waals surface area (Å²) in [4.78, 5) is 27.9. The SMILES string of the molecule is CCCN1CC(=O)N(CCCOc2ccccc2OC)[C@@H](C)C1=O. The molecule has 1 heterocycles. The number of benzene rings is 1. The highest BCUT2D eigenvalue weighted by molar-refractivity contribution is 5.94. The first kappa shape index (κ1) is 18.1. The first-order valence-electron chi connectivity index (χ1n) is 8.42. The minimum absolute atomic E-state index is 0.00726. The van der Waals surface area contributed by atoms with Gasteiger partial charge in [0.1, 0.15) is 6.04 Å². The predicted molar refractivity (Wildman–Crippen MR) is 91.2 cm³/mol. The normalized spacial score (nSPS) is 18.0. The number of nitrogens with zero attached hydrogens (tertiary/aromatic N) is 2. The maximum absolute atomic E-state index is 12.3. The van der Waals surface area contributed by atoms with Crippen molar-refractivity contribution in [3.8, 4) is 11.5 Å². The Labute approximate surface area is 143 Å². The van der Waals surface area contributed by atoms with Gasteiger partial charge in [0, 0.05) is 13.1 Å². The average Bonchev–Trinajstić information content (AvgIpc) is 2.59. The fraction of sp³-hybridized carbons (Fsp3) is 0.556. The van der Waals surface area contributed by atoms with E-state index in [1.54, 1.807) is 23.8 Å². The predicted octanol–water partition coefficient (Wildman–Crippen LogP) is 1.93. The Kier molecular flexibility index (Phi) is 6.46. The Balaban J connectivity index is 1.83. The number of rotatable bonds is 8. The zero-order chi connectivity index (χ0) is 17.5. The van der Waals surface area contributed by atoms with Gasteiger partial charge in [0.05, 0.1) is 20.3 Å². The molecule has 0 radical (unpaired) electrons. The van der Waals surface area contributed by atoms with E-state index < -0.39 is 6.04 Å². The molecule has 0 spiro atoms. The van der Waals surface area contributed by atoms with Crippen molar-refractivity contribution in [1.82, 2.24) is 9.80 Å². The first-order chi connectivity index (χ1) is 11.6. The molecular weight excluding hydrogens is 308 g/mol. The van der Waals surface area contributed by atoms with Crippen LogP contribution in [0.5, 0.6) is 11.5 Å². The lowest BCUT2D eigenvalue weighted by molar-refractivity contribution is -0.155. The van der Waals surface area contributed by atoms with Gasteiger partial charge in [0.25, 0.3) is 0 Å². The van der Waals surface area contributed by atoms with Gasteiger partial charge in [-0.15, -0.1) is 0 Å². The van der Waals surface area contributed by atoms with Crippen LogP contribution in [-0.4, -0.2) is 61.0 Å². The summed E-state index contributed by atoms with van der Waals surface area (Å²) in [5.74, 6) is 1.41. The van der Waals surface area contributed by atoms with E-state index in [1.165, 1.54) is 0 Å². The Hall–Kier alpha value is -2.24. The van der Waals surface area contributed by atoms with Gasteiger partial charge in [0.2, 0.25) is 11.8 Å². The largest absolute Gasteiger partial charge is 0.493 e. The van der Waals surface area contributed by atoms with Crippen molar-refractivity contribution in [1.29, 1.82) is 0 Å². The number of amides is 2. The number of carbonyl (C=O) groups is 2. The summed E-state index contributed by atoms with van der Waals surface area (Å²) in [5, 5.41) is 0. The summed E-state index contributed by atoms with van der Waals surface area (Å²) in [6.45, 7) is 5.60. The van der Waals surface area contributed by atoms with E-state index in [-0.39, 0.29) is 18.4 Å². The third kappa shape index (κ3) is 4.19. The minimum atomic E-state index is -0.399. The second-order valence-corrected chi connectivity index (χ2v) is 5.88. The lowest BCUT2D eigenvalue weighted by Crippen LogP contribution is -2.59. The Morgan fingerprint density at radius 2 is 1.88 bits per heavy atom. The lowest BCUT2D eigenvalue weighted by atomic mass is 10.1. The average molecular weight is 334 g/mol. The third-order valence-corrected chi connectivity index (χ3v) is 4.15. The first-order valence-corrected chi connectivity index (χ1v) is 8.42. The van der Waals surface area contributed by atoms with Gasteiger partial charge < -0.3 is 19.3 Å². The van der Waals surface area contributed by atoms with Gasteiger partial charge in [-0.2, -0.15) is 0 Å². The van der Waals surface area contributed by atoms with Crippen LogP contribution < -0.4 is 9.47 Å². The molecule has 0 unspecified atom stereocenters. The van der Waals surface area contributed by atoms with Crippen molar-refractivity contribution in [2.45, 2.75) is 32.7 Å². The van der Waals surface area contributed by atoms with E-state index in [0.29, 0.717) is 37.6 Å². The highest BCUT2D eigenvalue weighted by atomic mass is 16.5. The smallest absolute Gasteiger partial charge is 0.245 e. The number of hydrogen-bond donors (Lipinski definition) is 0. The summed E-state index contributed by atoms with van der Waals surface area (Å²) < 4.78 is 11.0. The molecule has 0 N–H and O–H groups in total. The lowest BCUT2D eigenvalue weighted by Gasteiger charge is -2.38. The fourth-order valence-electron chi connectivity index (χ4n) is 2.88. The molecule has 1 fully saturated rings. The summed E-state index contributed by atoms with van der Waals surface area (Å²) in [6.07, 6.45) is 1.52. The number of hydrogen-bond acceptors (Lipinski definition) is 4. The van der Waals surface area contributed by atoms with Gasteiger partial charge in [-0.05, 0) is 31.9 Å². The Morgan fingerprint density at radius 3 is 2.54 bits per heavy atom. The van der Waals surface area contributed by atoms with E-state index in [2.05, 4.69) is 0 Å². The van der Waals surface area contributed by atoms with Gasteiger partial charge >= 0.3 is 0 Å². The molecule has 1 aromatic rings. The van der Waals surface area contributed by atoms with E-state index >= 15 is 0 Å². The monoisotopic (exact) mass is 334 g/mol. The number of carbonyl (C=O) groups excluding carboxylic acids is 2. The molecule has 2 rings (SSSR count). The van der Waals surface area contributed by atoms with Gasteiger partial charge in [-0.1, -0.05) is 19.1 Å². The van der Waals surface area contributed by atoms with E-state index in [0.717, 1.165) is 6.42 Å². The highest BCUT2D eigenvalue weighted by Crippen LogP contribution is 2.25. The standard InChI is InChI=1S/C18H26N2O4/c1-4-10-19-13-17(21)20(14(2)18(19)22)11-7-12-24-16-9-6-5-8-15(16)23-3/h5-6,8-9,14H,4,7,10-13H2,1-3H3/t14-/m0/s1. The molecule has 2 amide bonds. The molecule has 0 bridgehead atoms. The molecule has 1 aliphatic rings. The van der Waals surface area contributed by atoms with Crippen molar-refractivity contribution in [3.05, 3.63) is 24.3 Å². The van der Waals surface area contributed by atoms with Crippen LogP contribution in [0.25, 0.3) is 0 Å². The van der Waals surface area contributed by atoms with E-state index in [1.807, 2.05) is 31.2 Å². The van der Waals surface area contributed by atoms with Crippen LogP contribution in [0.15, 0.2) is 24.3 Å². The molecular formula is C18H26N2O4. The number of ether oxygens (including phenoxy) is 2. The minimum Gasteiger partial charge on any atom is -0.493 e. The summed E-state index contributed by atoms with van der Waals surface area (Å²) in [7, 11) is 1.60. The third-order valence-electron chi connectivity index (χ3n) is 4.15. The van der Waals surface area contributed by atoms with Crippen LogP contribution in [-0.2, 0) is 9.59 Å². The van der Waals surface area contributed by atoms with Crippen LogP contribution in [0.3, 0.4) is 0 Å². The summed E-state index contributed by atoms with van der Waals surface area (Å²) in [5.41, 5.74) is 0. The molecule has 0 aromatic heterocycles. The van der Waals surface area contributed by atoms with Crippen molar-refractivity contribution in [2.75, 3.05) is 33.4 Å². The molecule has 1 saturated heterocycles. The number of piperazine rings is 1. The fourth-order valence-corrected chi connectivity index (χ4v) is 2.88. The van der Waals surface area contributed by atoms with Gasteiger partial charge in [-0.25, -0.2) is 0 Å². The van der Waals surface area contributed by atoms with Crippen molar-refractivity contribution in [3.63, 3.8) is 0 Å². The molecule has 1 aliphatic heterocycles. The molecule has 6 heteroatoms. The van der Waals surface area contributed by atoms with Crippen LogP contribution in [0, 0.1) is 0 Å². The topological polar surface area (TPSA) is 59.1 Å².